The molecule has 1 fully saturated rings. The molecule has 1 aliphatic heterocycles. The summed E-state index contributed by atoms with van der Waals surface area (Å²) in [5.74, 6) is 0. The lowest BCUT2D eigenvalue weighted by molar-refractivity contribution is -0.917. The van der Waals surface area contributed by atoms with E-state index in [2.05, 4.69) is 59.3 Å². The molecule has 0 bridgehead atoms. The first-order chi connectivity index (χ1) is 11.6. The van der Waals surface area contributed by atoms with E-state index in [4.69, 9.17) is 12.2 Å². The molecule has 1 saturated heterocycles. The number of rotatable bonds is 4. The SMILES string of the molecule is C=C(C)CNC(=S)N1CC[NH+](Cc2cccc3ccccc23)CC1. The van der Waals surface area contributed by atoms with Crippen LogP contribution in [0.1, 0.15) is 12.5 Å². The number of fused-ring (bicyclic) bond motifs is 1. The molecule has 24 heavy (non-hydrogen) atoms. The zero-order valence-electron chi connectivity index (χ0n) is 14.3. The average molecular weight is 341 g/mol. The Bertz CT molecular complexity index is 727. The summed E-state index contributed by atoms with van der Waals surface area (Å²) in [4.78, 5) is 3.91. The molecule has 4 heteroatoms. The van der Waals surface area contributed by atoms with E-state index in [1.54, 1.807) is 4.90 Å². The van der Waals surface area contributed by atoms with Gasteiger partial charge < -0.3 is 15.1 Å². The molecule has 1 heterocycles. The Labute approximate surface area is 149 Å². The van der Waals surface area contributed by atoms with Gasteiger partial charge in [0.15, 0.2) is 5.11 Å². The summed E-state index contributed by atoms with van der Waals surface area (Å²) in [5.41, 5.74) is 2.55. The van der Waals surface area contributed by atoms with Gasteiger partial charge in [-0.05, 0) is 29.9 Å². The number of benzene rings is 2. The second-order valence-electron chi connectivity index (χ2n) is 6.67. The number of thiocarbonyl (C=S) groups is 1. The van der Waals surface area contributed by atoms with Crippen molar-refractivity contribution in [2.45, 2.75) is 13.5 Å². The van der Waals surface area contributed by atoms with Gasteiger partial charge in [0.05, 0.1) is 26.2 Å². The third-order valence-corrected chi connectivity index (χ3v) is 5.02. The molecule has 0 aliphatic carbocycles. The van der Waals surface area contributed by atoms with Crippen molar-refractivity contribution in [2.75, 3.05) is 32.7 Å². The largest absolute Gasteiger partial charge is 0.359 e. The number of nitrogens with zero attached hydrogens (tertiary/aromatic N) is 1. The Morgan fingerprint density at radius 1 is 1.17 bits per heavy atom. The highest BCUT2D eigenvalue weighted by atomic mass is 32.1. The Hall–Kier alpha value is -1.91. The zero-order chi connectivity index (χ0) is 16.9. The minimum atomic E-state index is 0.766. The molecule has 0 aromatic heterocycles. The molecule has 0 amide bonds. The van der Waals surface area contributed by atoms with E-state index >= 15 is 0 Å². The van der Waals surface area contributed by atoms with Crippen molar-refractivity contribution in [3.63, 3.8) is 0 Å². The van der Waals surface area contributed by atoms with Gasteiger partial charge in [-0.1, -0.05) is 54.6 Å². The van der Waals surface area contributed by atoms with Crippen molar-refractivity contribution in [1.82, 2.24) is 10.2 Å². The van der Waals surface area contributed by atoms with Gasteiger partial charge in [-0.15, -0.1) is 0 Å². The van der Waals surface area contributed by atoms with Gasteiger partial charge >= 0.3 is 0 Å². The van der Waals surface area contributed by atoms with Crippen molar-refractivity contribution in [3.8, 4) is 0 Å². The van der Waals surface area contributed by atoms with E-state index in [-0.39, 0.29) is 0 Å². The van der Waals surface area contributed by atoms with Gasteiger partial charge in [0.25, 0.3) is 0 Å². The van der Waals surface area contributed by atoms with Crippen LogP contribution < -0.4 is 10.2 Å². The number of hydrogen-bond acceptors (Lipinski definition) is 1. The lowest BCUT2D eigenvalue weighted by Crippen LogP contribution is -3.13. The first-order valence-corrected chi connectivity index (χ1v) is 9.01. The third-order valence-electron chi connectivity index (χ3n) is 4.62. The summed E-state index contributed by atoms with van der Waals surface area (Å²) < 4.78 is 0. The van der Waals surface area contributed by atoms with Crippen LogP contribution in [-0.2, 0) is 6.54 Å². The molecule has 0 unspecified atom stereocenters. The number of nitrogens with one attached hydrogen (secondary N) is 2. The summed E-state index contributed by atoms with van der Waals surface area (Å²) in [6.45, 7) is 12.1. The smallest absolute Gasteiger partial charge is 0.169 e. The standard InChI is InChI=1S/C20H25N3S/c1-16(2)14-21-20(24)23-12-10-22(11-13-23)15-18-8-5-7-17-6-3-4-9-19(17)18/h3-9H,1,10-15H2,2H3,(H,21,24)/p+1. The van der Waals surface area contributed by atoms with Gasteiger partial charge in [-0.25, -0.2) is 0 Å². The lowest BCUT2D eigenvalue weighted by atomic mass is 10.0. The number of hydrogen-bond donors (Lipinski definition) is 2. The fraction of sp³-hybridized carbons (Fsp3) is 0.350. The first-order valence-electron chi connectivity index (χ1n) is 8.61. The van der Waals surface area contributed by atoms with E-state index in [1.807, 2.05) is 6.92 Å². The van der Waals surface area contributed by atoms with Crippen LogP contribution in [0.15, 0.2) is 54.6 Å². The van der Waals surface area contributed by atoms with Crippen LogP contribution in [0.4, 0.5) is 0 Å². The Balaban J connectivity index is 1.57. The van der Waals surface area contributed by atoms with E-state index in [0.29, 0.717) is 0 Å². The summed E-state index contributed by atoms with van der Waals surface area (Å²) in [6, 6.07) is 15.3. The van der Waals surface area contributed by atoms with Crippen molar-refractivity contribution in [3.05, 3.63) is 60.2 Å². The molecule has 0 atom stereocenters. The quantitative estimate of drug-likeness (QED) is 0.656. The van der Waals surface area contributed by atoms with Crippen LogP contribution in [0.5, 0.6) is 0 Å². The molecular formula is C20H26N3S+. The zero-order valence-corrected chi connectivity index (χ0v) is 15.2. The number of piperazine rings is 1. The summed E-state index contributed by atoms with van der Waals surface area (Å²) in [6.07, 6.45) is 0. The second kappa shape index (κ2) is 7.77. The maximum absolute atomic E-state index is 5.49. The van der Waals surface area contributed by atoms with Gasteiger partial charge in [-0.3, -0.25) is 0 Å². The van der Waals surface area contributed by atoms with Crippen molar-refractivity contribution >= 4 is 28.1 Å². The van der Waals surface area contributed by atoms with Crippen molar-refractivity contribution in [1.29, 1.82) is 0 Å². The normalized spacial score (nSPS) is 15.5. The fourth-order valence-electron chi connectivity index (χ4n) is 3.26. The summed E-state index contributed by atoms with van der Waals surface area (Å²) in [7, 11) is 0. The summed E-state index contributed by atoms with van der Waals surface area (Å²) >= 11 is 5.49. The van der Waals surface area contributed by atoms with Crippen LogP contribution in [0, 0.1) is 0 Å². The first kappa shape index (κ1) is 16.9. The molecule has 3 rings (SSSR count). The molecule has 1 aliphatic rings. The molecular weight excluding hydrogens is 314 g/mol. The highest BCUT2D eigenvalue weighted by Crippen LogP contribution is 2.17. The van der Waals surface area contributed by atoms with Crippen LogP contribution in [0.2, 0.25) is 0 Å². The highest BCUT2D eigenvalue weighted by molar-refractivity contribution is 7.80. The predicted molar refractivity (Wildman–Crippen MR) is 105 cm³/mol. The molecule has 0 saturated carbocycles. The molecule has 2 N–H and O–H groups in total. The fourth-order valence-corrected chi connectivity index (χ4v) is 3.51. The lowest BCUT2D eigenvalue weighted by Gasteiger charge is -2.34. The molecule has 0 spiro atoms. The van der Waals surface area contributed by atoms with E-state index in [1.165, 1.54) is 16.3 Å². The molecule has 3 nitrogen and oxygen atoms in total. The van der Waals surface area contributed by atoms with Crippen molar-refractivity contribution in [2.24, 2.45) is 0 Å². The van der Waals surface area contributed by atoms with Crippen LogP contribution >= 0.6 is 12.2 Å². The van der Waals surface area contributed by atoms with Crippen molar-refractivity contribution < 1.29 is 4.90 Å². The Kier molecular flexibility index (Phi) is 5.48. The third kappa shape index (κ3) is 4.13. The average Bonchev–Trinajstić information content (AvgIpc) is 2.60. The second-order valence-corrected chi connectivity index (χ2v) is 7.05. The maximum Gasteiger partial charge on any atom is 0.169 e. The predicted octanol–water partition coefficient (Wildman–Crippen LogP) is 1.99. The van der Waals surface area contributed by atoms with E-state index in [0.717, 1.165) is 50.0 Å². The van der Waals surface area contributed by atoms with Crippen LogP contribution in [-0.4, -0.2) is 42.7 Å². The maximum atomic E-state index is 5.49. The van der Waals surface area contributed by atoms with Gasteiger partial charge in [0.1, 0.15) is 6.54 Å². The van der Waals surface area contributed by atoms with Crippen LogP contribution in [0.3, 0.4) is 0 Å². The minimum Gasteiger partial charge on any atom is -0.359 e. The molecule has 2 aromatic rings. The van der Waals surface area contributed by atoms with E-state index in [9.17, 15) is 0 Å². The monoisotopic (exact) mass is 340 g/mol. The summed E-state index contributed by atoms with van der Waals surface area (Å²) in [5, 5.41) is 6.87. The van der Waals surface area contributed by atoms with Gasteiger partial charge in [0.2, 0.25) is 0 Å². The topological polar surface area (TPSA) is 19.7 Å². The van der Waals surface area contributed by atoms with E-state index < -0.39 is 0 Å². The Morgan fingerprint density at radius 3 is 2.62 bits per heavy atom. The molecule has 126 valence electrons. The van der Waals surface area contributed by atoms with Gasteiger partial charge in [0, 0.05) is 12.1 Å². The molecule has 0 radical (unpaired) electrons. The van der Waals surface area contributed by atoms with Gasteiger partial charge in [-0.2, -0.15) is 0 Å². The number of quaternary nitrogens is 1. The Morgan fingerprint density at radius 2 is 1.88 bits per heavy atom. The highest BCUT2D eigenvalue weighted by Gasteiger charge is 2.22. The molecule has 2 aromatic carbocycles. The van der Waals surface area contributed by atoms with Crippen LogP contribution in [0.25, 0.3) is 10.8 Å². The minimum absolute atomic E-state index is 0.766.